The monoisotopic (exact) mass is 508 g/mol. The van der Waals surface area contributed by atoms with Gasteiger partial charge in [-0.05, 0) is 48.9 Å². The molecule has 1 amide bonds. The molecule has 0 aliphatic rings. The second kappa shape index (κ2) is 11.5. The van der Waals surface area contributed by atoms with Gasteiger partial charge in [0.1, 0.15) is 29.6 Å². The number of ether oxygens (including phenoxy) is 3. The highest BCUT2D eigenvalue weighted by atomic mass is 19.4. The molecule has 0 aliphatic carbocycles. The third-order valence-corrected chi connectivity index (χ3v) is 4.75. The Morgan fingerprint density at radius 3 is 2.17 bits per heavy atom. The molecule has 12 heteroatoms. The van der Waals surface area contributed by atoms with Crippen molar-refractivity contribution in [2.45, 2.75) is 33.2 Å². The summed E-state index contributed by atoms with van der Waals surface area (Å²) < 4.78 is 56.8. The number of rotatable bonds is 10. The molecule has 0 unspecified atom stereocenters. The van der Waals surface area contributed by atoms with Crippen LogP contribution in [0.15, 0.2) is 52.9 Å². The molecule has 2 aromatic carbocycles. The fraction of sp³-hybridized carbons (Fsp3) is 0.292. The first kappa shape index (κ1) is 26.4. The molecule has 0 radical (unpaired) electrons. The van der Waals surface area contributed by atoms with Gasteiger partial charge in [0.15, 0.2) is 5.89 Å². The summed E-state index contributed by atoms with van der Waals surface area (Å²) in [5.41, 5.74) is 1.42. The van der Waals surface area contributed by atoms with Crippen molar-refractivity contribution >= 4 is 12.1 Å². The lowest BCUT2D eigenvalue weighted by Gasteiger charge is -2.20. The number of carbonyl (C=O) groups excluding carboxylic acids is 1. The molecule has 1 aromatic heterocycles. The van der Waals surface area contributed by atoms with Crippen LogP contribution in [0, 0.1) is 13.8 Å². The fourth-order valence-corrected chi connectivity index (χ4v) is 3.20. The molecule has 1 heterocycles. The molecule has 9 nitrogen and oxygen atoms in total. The van der Waals surface area contributed by atoms with E-state index in [1.165, 1.54) is 0 Å². The summed E-state index contributed by atoms with van der Waals surface area (Å²) in [5.74, 6) is 0.0695. The molecule has 3 rings (SSSR count). The summed E-state index contributed by atoms with van der Waals surface area (Å²) in [6, 6.07) is 10.9. The van der Waals surface area contributed by atoms with Gasteiger partial charge >= 0.3 is 18.4 Å². The molecule has 0 saturated heterocycles. The van der Waals surface area contributed by atoms with Crippen LogP contribution in [0.4, 0.5) is 18.0 Å². The van der Waals surface area contributed by atoms with Crippen molar-refractivity contribution in [2.75, 3.05) is 13.2 Å². The highest BCUT2D eigenvalue weighted by Crippen LogP contribution is 2.25. The summed E-state index contributed by atoms with van der Waals surface area (Å²) >= 11 is 0. The Balaban J connectivity index is 1.57. The van der Waals surface area contributed by atoms with E-state index in [1.54, 1.807) is 31.2 Å². The van der Waals surface area contributed by atoms with Gasteiger partial charge in [-0.2, -0.15) is 0 Å². The zero-order chi connectivity index (χ0) is 26.3. The molecule has 36 heavy (non-hydrogen) atoms. The number of aromatic nitrogens is 1. The summed E-state index contributed by atoms with van der Waals surface area (Å²) in [6.45, 7) is 3.23. The number of benzene rings is 2. The Morgan fingerprint density at radius 1 is 1.00 bits per heavy atom. The third kappa shape index (κ3) is 8.22. The first-order valence-electron chi connectivity index (χ1n) is 10.7. The number of oxazole rings is 1. The number of halogens is 3. The van der Waals surface area contributed by atoms with E-state index in [4.69, 9.17) is 13.9 Å². The first-order valence-corrected chi connectivity index (χ1v) is 10.7. The molecule has 192 valence electrons. The van der Waals surface area contributed by atoms with Gasteiger partial charge in [0.2, 0.25) is 0 Å². The van der Waals surface area contributed by atoms with Crippen LogP contribution >= 0.6 is 0 Å². The minimum absolute atomic E-state index is 0.0776. The first-order chi connectivity index (χ1) is 17.0. The Labute approximate surface area is 204 Å². The molecule has 0 bridgehead atoms. The summed E-state index contributed by atoms with van der Waals surface area (Å²) in [6.07, 6.45) is -5.28. The van der Waals surface area contributed by atoms with Crippen LogP contribution in [0.25, 0.3) is 0 Å². The summed E-state index contributed by atoms with van der Waals surface area (Å²) in [7, 11) is 0. The smallest absolute Gasteiger partial charge is 0.493 e. The van der Waals surface area contributed by atoms with Crippen LogP contribution in [-0.2, 0) is 17.8 Å². The fourth-order valence-electron chi connectivity index (χ4n) is 3.20. The van der Waals surface area contributed by atoms with Crippen molar-refractivity contribution in [3.8, 4) is 17.2 Å². The molecule has 0 fully saturated rings. The van der Waals surface area contributed by atoms with Crippen LogP contribution in [0.3, 0.4) is 0 Å². The van der Waals surface area contributed by atoms with E-state index in [0.717, 1.165) is 40.6 Å². The topological polar surface area (TPSA) is 111 Å². The Hall–Kier alpha value is -4.22. The van der Waals surface area contributed by atoms with Crippen molar-refractivity contribution in [2.24, 2.45) is 0 Å². The van der Waals surface area contributed by atoms with Gasteiger partial charge in [-0.25, -0.2) is 9.78 Å². The maximum Gasteiger partial charge on any atom is 0.573 e. The summed E-state index contributed by atoms with van der Waals surface area (Å²) in [4.78, 5) is 29.0. The lowest BCUT2D eigenvalue weighted by molar-refractivity contribution is -0.274. The van der Waals surface area contributed by atoms with Crippen LogP contribution in [0.5, 0.6) is 17.2 Å². The lowest BCUT2D eigenvalue weighted by atomic mass is 10.2. The molecule has 3 aromatic rings. The maximum atomic E-state index is 12.5. The Morgan fingerprint density at radius 2 is 1.61 bits per heavy atom. The number of hydrogen-bond donors (Lipinski definition) is 1. The van der Waals surface area contributed by atoms with Crippen molar-refractivity contribution in [3.63, 3.8) is 0 Å². The minimum atomic E-state index is -4.85. The molecule has 0 spiro atoms. The van der Waals surface area contributed by atoms with Gasteiger partial charge in [0, 0.05) is 19.9 Å². The van der Waals surface area contributed by atoms with Crippen molar-refractivity contribution in [1.29, 1.82) is 0 Å². The number of hydrogen-bond acceptors (Lipinski definition) is 7. The standard InChI is InChI=1S/C24H23F3N2O7/c1-15-21(28-16(2)34-15)11-12-33-18-5-3-17(4-6-18)13-29(14-22(30)31)23(32)35-19-7-9-20(10-8-19)36-24(25,26)27/h3-10H,11-14H2,1-2H3,(H,30,31). The molecular weight excluding hydrogens is 485 g/mol. The van der Waals surface area contributed by atoms with E-state index in [9.17, 15) is 27.9 Å². The van der Waals surface area contributed by atoms with Crippen molar-refractivity contribution in [1.82, 2.24) is 9.88 Å². The van der Waals surface area contributed by atoms with Gasteiger partial charge < -0.3 is 23.7 Å². The van der Waals surface area contributed by atoms with E-state index in [2.05, 4.69) is 9.72 Å². The normalized spacial score (nSPS) is 11.1. The number of amides is 1. The van der Waals surface area contributed by atoms with E-state index >= 15 is 0 Å². The molecular formula is C24H23F3N2O7. The third-order valence-electron chi connectivity index (χ3n) is 4.75. The maximum absolute atomic E-state index is 12.5. The van der Waals surface area contributed by atoms with E-state index in [0.29, 0.717) is 30.2 Å². The largest absolute Gasteiger partial charge is 0.573 e. The summed E-state index contributed by atoms with van der Waals surface area (Å²) in [5, 5.41) is 9.17. The van der Waals surface area contributed by atoms with Crippen molar-refractivity contribution < 1.29 is 46.5 Å². The predicted octanol–water partition coefficient (Wildman–Crippen LogP) is 4.90. The number of alkyl halides is 3. The van der Waals surface area contributed by atoms with Crippen LogP contribution in [0.2, 0.25) is 0 Å². The van der Waals surface area contributed by atoms with Gasteiger partial charge in [-0.15, -0.1) is 13.2 Å². The van der Waals surface area contributed by atoms with E-state index in [1.807, 2.05) is 6.92 Å². The molecule has 1 N–H and O–H groups in total. The number of nitrogens with zero attached hydrogens (tertiary/aromatic N) is 2. The highest BCUT2D eigenvalue weighted by Gasteiger charge is 2.31. The average molecular weight is 508 g/mol. The number of carboxylic acid groups (broad SMARTS) is 1. The van der Waals surface area contributed by atoms with Crippen molar-refractivity contribution in [3.05, 3.63) is 71.4 Å². The predicted molar refractivity (Wildman–Crippen MR) is 119 cm³/mol. The number of aryl methyl sites for hydroxylation is 2. The quantitative estimate of drug-likeness (QED) is 0.412. The van der Waals surface area contributed by atoms with Gasteiger partial charge in [0.05, 0.1) is 12.3 Å². The molecule has 0 atom stereocenters. The van der Waals surface area contributed by atoms with Gasteiger partial charge in [-0.3, -0.25) is 9.69 Å². The van der Waals surface area contributed by atoms with Gasteiger partial charge in [0.25, 0.3) is 0 Å². The van der Waals surface area contributed by atoms with Crippen LogP contribution in [-0.4, -0.2) is 46.6 Å². The number of aliphatic carboxylic acids is 1. The lowest BCUT2D eigenvalue weighted by Crippen LogP contribution is -2.37. The van der Waals surface area contributed by atoms with Crippen LogP contribution < -0.4 is 14.2 Å². The van der Waals surface area contributed by atoms with E-state index < -0.39 is 30.7 Å². The van der Waals surface area contributed by atoms with Crippen LogP contribution in [0.1, 0.15) is 22.9 Å². The van der Waals surface area contributed by atoms with Gasteiger partial charge in [-0.1, -0.05) is 12.1 Å². The molecule has 0 saturated carbocycles. The SMILES string of the molecule is Cc1nc(CCOc2ccc(CN(CC(=O)O)C(=O)Oc3ccc(OC(F)(F)F)cc3)cc2)c(C)o1. The Kier molecular flexibility index (Phi) is 8.41. The highest BCUT2D eigenvalue weighted by molar-refractivity contribution is 5.78. The Bertz CT molecular complexity index is 1180. The number of carboxylic acids is 1. The second-order valence-corrected chi connectivity index (χ2v) is 7.62. The zero-order valence-electron chi connectivity index (χ0n) is 19.4. The average Bonchev–Trinajstić information content (AvgIpc) is 3.11. The molecule has 0 aliphatic heterocycles. The second-order valence-electron chi connectivity index (χ2n) is 7.62. The zero-order valence-corrected chi connectivity index (χ0v) is 19.4. The number of carbonyl (C=O) groups is 2. The minimum Gasteiger partial charge on any atom is -0.493 e. The van der Waals surface area contributed by atoms with E-state index in [-0.39, 0.29) is 12.3 Å².